The van der Waals surface area contributed by atoms with Gasteiger partial charge in [0.15, 0.2) is 0 Å². The van der Waals surface area contributed by atoms with Gasteiger partial charge in [0.25, 0.3) is 0 Å². The molecule has 1 aliphatic heterocycles. The molecule has 0 bridgehead atoms. The Morgan fingerprint density at radius 1 is 1.40 bits per heavy atom. The average molecular weight is 282 g/mol. The van der Waals surface area contributed by atoms with Crippen molar-refractivity contribution < 1.29 is 18.8 Å². The molecule has 0 aliphatic carbocycles. The van der Waals surface area contributed by atoms with Gasteiger partial charge in [0.05, 0.1) is 16.2 Å². The van der Waals surface area contributed by atoms with Gasteiger partial charge in [-0.3, -0.25) is 15.0 Å². The van der Waals surface area contributed by atoms with Gasteiger partial charge in [0.2, 0.25) is 5.82 Å². The van der Waals surface area contributed by atoms with E-state index in [2.05, 4.69) is 0 Å². The zero-order chi connectivity index (χ0) is 15.1. The molecule has 1 aromatic rings. The number of ether oxygens (including phenoxy) is 1. The summed E-state index contributed by atoms with van der Waals surface area (Å²) in [6.45, 7) is 3.51. The number of halogens is 1. The molecule has 6 nitrogen and oxygen atoms in total. The summed E-state index contributed by atoms with van der Waals surface area (Å²) in [4.78, 5) is 23.1. The predicted octanol–water partition coefficient (Wildman–Crippen LogP) is 3.34. The fraction of sp³-hybridized carbons (Fsp3) is 0.462. The Kier molecular flexibility index (Phi) is 3.37. The van der Waals surface area contributed by atoms with Crippen LogP contribution in [0, 0.1) is 15.9 Å². The number of fused-ring (bicyclic) bond motifs is 1. The fourth-order valence-corrected chi connectivity index (χ4v) is 2.54. The Hall–Kier alpha value is -2.18. The van der Waals surface area contributed by atoms with Crippen LogP contribution < -0.4 is 4.90 Å². The Morgan fingerprint density at radius 2 is 2.00 bits per heavy atom. The van der Waals surface area contributed by atoms with Crippen LogP contribution in [-0.2, 0) is 10.3 Å². The molecule has 0 N–H and O–H groups in total. The second-order valence-electron chi connectivity index (χ2n) is 4.68. The maximum absolute atomic E-state index is 14.5. The number of rotatable bonds is 3. The molecule has 20 heavy (non-hydrogen) atoms. The van der Waals surface area contributed by atoms with E-state index in [0.717, 1.165) is 11.0 Å². The summed E-state index contributed by atoms with van der Waals surface area (Å²) in [5.74, 6) is -0.935. The molecule has 1 amide bonds. The van der Waals surface area contributed by atoms with Crippen LogP contribution in [0.1, 0.15) is 32.3 Å². The Labute approximate surface area is 115 Å². The molecule has 0 aromatic heterocycles. The van der Waals surface area contributed by atoms with E-state index in [4.69, 9.17) is 4.74 Å². The number of amides is 1. The molecular weight excluding hydrogens is 267 g/mol. The van der Waals surface area contributed by atoms with Crippen molar-refractivity contribution in [3.8, 4) is 0 Å². The van der Waals surface area contributed by atoms with E-state index in [9.17, 15) is 19.3 Å². The third-order valence-electron chi connectivity index (χ3n) is 3.81. The number of carbonyl (C=O) groups is 1. The summed E-state index contributed by atoms with van der Waals surface area (Å²) in [6.07, 6.45) is 0.0944. The highest BCUT2D eigenvalue weighted by Crippen LogP contribution is 2.46. The number of benzene rings is 1. The molecule has 1 aromatic carbocycles. The number of nitro benzene ring substituents is 1. The second-order valence-corrected chi connectivity index (χ2v) is 4.68. The topological polar surface area (TPSA) is 72.7 Å². The first-order chi connectivity index (χ1) is 9.38. The van der Waals surface area contributed by atoms with Gasteiger partial charge in [-0.15, -0.1) is 0 Å². The SMILES string of the molecule is CCC1(CC)OC(=O)N(C)c2ccc([N+](=O)[O-])c(F)c21. The molecule has 0 saturated carbocycles. The first kappa shape index (κ1) is 14.2. The molecule has 1 heterocycles. The largest absolute Gasteiger partial charge is 0.437 e. The summed E-state index contributed by atoms with van der Waals surface area (Å²) in [5.41, 5.74) is -1.37. The van der Waals surface area contributed by atoms with E-state index in [-0.39, 0.29) is 5.56 Å². The number of nitrogens with zero attached hydrogens (tertiary/aromatic N) is 2. The molecule has 0 radical (unpaired) electrons. The highest BCUT2D eigenvalue weighted by Gasteiger charge is 2.45. The maximum atomic E-state index is 14.5. The molecular formula is C13H15FN2O4. The minimum absolute atomic E-state index is 0.0822. The molecule has 0 saturated heterocycles. The van der Waals surface area contributed by atoms with Crippen LogP contribution in [0.3, 0.4) is 0 Å². The Bertz CT molecular complexity index is 584. The van der Waals surface area contributed by atoms with Gasteiger partial charge in [0.1, 0.15) is 5.60 Å². The first-order valence-electron chi connectivity index (χ1n) is 6.32. The molecule has 7 heteroatoms. The van der Waals surface area contributed by atoms with Crippen molar-refractivity contribution in [2.75, 3.05) is 11.9 Å². The highest BCUT2D eigenvalue weighted by molar-refractivity contribution is 5.91. The van der Waals surface area contributed by atoms with Gasteiger partial charge in [0, 0.05) is 13.1 Å². The van der Waals surface area contributed by atoms with Crippen molar-refractivity contribution in [2.45, 2.75) is 32.3 Å². The third kappa shape index (κ3) is 1.81. The van der Waals surface area contributed by atoms with Gasteiger partial charge in [-0.25, -0.2) is 4.79 Å². The van der Waals surface area contributed by atoms with Crippen LogP contribution in [0.15, 0.2) is 12.1 Å². The normalized spacial score (nSPS) is 16.6. The lowest BCUT2D eigenvalue weighted by Crippen LogP contribution is -2.44. The molecule has 0 spiro atoms. The summed E-state index contributed by atoms with van der Waals surface area (Å²) < 4.78 is 19.9. The third-order valence-corrected chi connectivity index (χ3v) is 3.81. The van der Waals surface area contributed by atoms with E-state index in [1.165, 1.54) is 13.1 Å². The smallest absolute Gasteiger partial charge is 0.414 e. The number of hydrogen-bond acceptors (Lipinski definition) is 4. The van der Waals surface area contributed by atoms with E-state index in [1.54, 1.807) is 13.8 Å². The average Bonchev–Trinajstić information content (AvgIpc) is 2.42. The number of hydrogen-bond donors (Lipinski definition) is 0. The van der Waals surface area contributed by atoms with Crippen molar-refractivity contribution in [3.05, 3.63) is 33.6 Å². The highest BCUT2D eigenvalue weighted by atomic mass is 19.1. The number of cyclic esters (lactones) is 1. The summed E-state index contributed by atoms with van der Waals surface area (Å²) >= 11 is 0. The van der Waals surface area contributed by atoms with Crippen LogP contribution in [0.5, 0.6) is 0 Å². The van der Waals surface area contributed by atoms with E-state index in [0.29, 0.717) is 18.5 Å². The molecule has 0 fully saturated rings. The minimum Gasteiger partial charge on any atom is -0.437 e. The van der Waals surface area contributed by atoms with E-state index >= 15 is 0 Å². The van der Waals surface area contributed by atoms with Gasteiger partial charge in [-0.1, -0.05) is 13.8 Å². The molecule has 1 aliphatic rings. The lowest BCUT2D eigenvalue weighted by Gasteiger charge is -2.40. The summed E-state index contributed by atoms with van der Waals surface area (Å²) in [5, 5.41) is 10.9. The van der Waals surface area contributed by atoms with Crippen LogP contribution in [0.25, 0.3) is 0 Å². The van der Waals surface area contributed by atoms with Gasteiger partial charge in [-0.05, 0) is 18.9 Å². The second kappa shape index (κ2) is 4.73. The van der Waals surface area contributed by atoms with Gasteiger partial charge in [-0.2, -0.15) is 4.39 Å². The van der Waals surface area contributed by atoms with Crippen LogP contribution in [-0.4, -0.2) is 18.1 Å². The summed E-state index contributed by atoms with van der Waals surface area (Å²) in [7, 11) is 1.45. The van der Waals surface area contributed by atoms with Crippen molar-refractivity contribution in [3.63, 3.8) is 0 Å². The van der Waals surface area contributed by atoms with Crippen molar-refractivity contribution >= 4 is 17.5 Å². The van der Waals surface area contributed by atoms with Crippen LogP contribution >= 0.6 is 0 Å². The Balaban J connectivity index is 2.79. The number of carbonyl (C=O) groups excluding carboxylic acids is 1. The van der Waals surface area contributed by atoms with Crippen LogP contribution in [0.4, 0.5) is 20.6 Å². The number of nitro groups is 1. The van der Waals surface area contributed by atoms with E-state index in [1.807, 2.05) is 0 Å². The minimum atomic E-state index is -1.16. The first-order valence-corrected chi connectivity index (χ1v) is 6.32. The summed E-state index contributed by atoms with van der Waals surface area (Å²) in [6, 6.07) is 2.45. The molecule has 0 atom stereocenters. The standard InChI is InChI=1S/C13H15FN2O4/c1-4-13(5-2)10-8(15(3)12(17)20-13)6-7-9(11(10)14)16(18)19/h6-7H,4-5H2,1-3H3. The molecule has 108 valence electrons. The lowest BCUT2D eigenvalue weighted by molar-refractivity contribution is -0.387. The monoisotopic (exact) mass is 282 g/mol. The number of anilines is 1. The van der Waals surface area contributed by atoms with Gasteiger partial charge >= 0.3 is 11.8 Å². The van der Waals surface area contributed by atoms with Crippen molar-refractivity contribution in [1.82, 2.24) is 0 Å². The van der Waals surface area contributed by atoms with Crippen molar-refractivity contribution in [1.29, 1.82) is 0 Å². The Morgan fingerprint density at radius 3 is 2.50 bits per heavy atom. The molecule has 2 rings (SSSR count). The molecule has 0 unspecified atom stereocenters. The quantitative estimate of drug-likeness (QED) is 0.629. The van der Waals surface area contributed by atoms with Crippen LogP contribution in [0.2, 0.25) is 0 Å². The lowest BCUT2D eigenvalue weighted by atomic mass is 9.85. The van der Waals surface area contributed by atoms with Gasteiger partial charge < -0.3 is 4.74 Å². The predicted molar refractivity (Wildman–Crippen MR) is 70.2 cm³/mol. The zero-order valence-electron chi connectivity index (χ0n) is 11.5. The maximum Gasteiger partial charge on any atom is 0.414 e. The van der Waals surface area contributed by atoms with E-state index < -0.39 is 28.1 Å². The zero-order valence-corrected chi connectivity index (χ0v) is 11.5. The fourth-order valence-electron chi connectivity index (χ4n) is 2.54. The van der Waals surface area contributed by atoms with Crippen molar-refractivity contribution in [2.24, 2.45) is 0 Å².